The van der Waals surface area contributed by atoms with Crippen LogP contribution in [0.5, 0.6) is 5.75 Å². The fourth-order valence-corrected chi connectivity index (χ4v) is 3.83. The fraction of sp³-hybridized carbons (Fsp3) is 0.154. The number of aromatic amines is 1. The Labute approximate surface area is 191 Å². The highest BCUT2D eigenvalue weighted by molar-refractivity contribution is 5.97. The summed E-state index contributed by atoms with van der Waals surface area (Å²) in [4.78, 5) is 29.6. The van der Waals surface area contributed by atoms with Crippen molar-refractivity contribution in [3.05, 3.63) is 102 Å². The molecular formula is C26H24N2O5. The summed E-state index contributed by atoms with van der Waals surface area (Å²) in [5.74, 6) is -0.0334. The third kappa shape index (κ3) is 4.25. The number of H-pyrrole nitrogens is 1. The first kappa shape index (κ1) is 22.0. The van der Waals surface area contributed by atoms with Gasteiger partial charge in [0.25, 0.3) is 0 Å². The third-order valence-electron chi connectivity index (χ3n) is 5.51. The number of nitrogens with one attached hydrogen (secondary N) is 2. The Morgan fingerprint density at radius 2 is 1.61 bits per heavy atom. The number of hydrogen-bond donors (Lipinski definition) is 2. The molecule has 2 N–H and O–H groups in total. The van der Waals surface area contributed by atoms with Gasteiger partial charge in [0.05, 0.1) is 14.2 Å². The van der Waals surface area contributed by atoms with Gasteiger partial charge in [-0.15, -0.1) is 0 Å². The summed E-state index contributed by atoms with van der Waals surface area (Å²) in [5.41, 5.74) is 0.996. The van der Waals surface area contributed by atoms with Crippen LogP contribution in [-0.2, 0) is 26.4 Å². The molecule has 0 saturated heterocycles. The predicted octanol–water partition coefficient (Wildman–Crippen LogP) is 4.52. The zero-order valence-electron chi connectivity index (χ0n) is 18.3. The Hall–Kier alpha value is -4.26. The third-order valence-corrected chi connectivity index (χ3v) is 5.51. The van der Waals surface area contributed by atoms with Crippen LogP contribution < -0.4 is 10.1 Å². The van der Waals surface area contributed by atoms with Gasteiger partial charge in [0.1, 0.15) is 12.4 Å². The molecule has 1 heterocycles. The number of rotatable bonds is 7. The molecule has 0 saturated carbocycles. The molecule has 0 aliphatic heterocycles. The first-order chi connectivity index (χ1) is 16.1. The summed E-state index contributed by atoms with van der Waals surface area (Å²) in [6.07, 6.45) is 0.932. The summed E-state index contributed by atoms with van der Waals surface area (Å²) >= 11 is 0. The van der Waals surface area contributed by atoms with Crippen molar-refractivity contribution in [3.8, 4) is 5.75 Å². The lowest BCUT2D eigenvalue weighted by molar-refractivity contribution is -0.151. The molecule has 3 aromatic carbocycles. The number of ether oxygens (including phenoxy) is 3. The number of aromatic nitrogens is 1. The van der Waals surface area contributed by atoms with Gasteiger partial charge in [0.15, 0.2) is 5.54 Å². The monoisotopic (exact) mass is 444 g/mol. The number of amides is 1. The minimum atomic E-state index is -1.67. The molecule has 33 heavy (non-hydrogen) atoms. The van der Waals surface area contributed by atoms with E-state index < -0.39 is 17.6 Å². The molecule has 4 aromatic rings. The van der Waals surface area contributed by atoms with Gasteiger partial charge < -0.3 is 19.2 Å². The van der Waals surface area contributed by atoms with Crippen LogP contribution in [0.25, 0.3) is 10.9 Å². The number of fused-ring (bicyclic) bond motifs is 1. The summed E-state index contributed by atoms with van der Waals surface area (Å²) in [6, 6.07) is 23.8. The van der Waals surface area contributed by atoms with Crippen molar-refractivity contribution in [2.45, 2.75) is 12.1 Å². The Morgan fingerprint density at radius 1 is 0.909 bits per heavy atom. The van der Waals surface area contributed by atoms with E-state index in [0.29, 0.717) is 16.9 Å². The highest BCUT2D eigenvalue weighted by Crippen LogP contribution is 2.37. The Balaban J connectivity index is 1.88. The number of benzene rings is 3. The Kier molecular flexibility index (Phi) is 6.31. The number of carbonyl (C=O) groups excluding carboxylic acids is 2. The van der Waals surface area contributed by atoms with Gasteiger partial charge in [-0.1, -0.05) is 60.7 Å². The molecule has 0 fully saturated rings. The van der Waals surface area contributed by atoms with Crippen molar-refractivity contribution in [2.24, 2.45) is 0 Å². The Morgan fingerprint density at radius 3 is 2.30 bits per heavy atom. The lowest BCUT2D eigenvalue weighted by Crippen LogP contribution is -2.53. The molecule has 1 atom stereocenters. The van der Waals surface area contributed by atoms with Crippen LogP contribution in [0.15, 0.2) is 85.1 Å². The zero-order valence-corrected chi connectivity index (χ0v) is 18.3. The number of alkyl carbamates (subject to hydrolysis) is 1. The standard InChI is InChI=1S/C26H24N2O5/c1-31-20-14-12-19(13-15-20)26(28-25(30)32-2,22-16-27-23-11-7-6-10-21(22)23)24(29)33-17-18-8-4-3-5-9-18/h3-16,27H,17H2,1-2H3,(H,28,30)/t26-/m0/s1. The average Bonchev–Trinajstić information content (AvgIpc) is 3.31. The van der Waals surface area contributed by atoms with Crippen molar-refractivity contribution in [1.82, 2.24) is 10.3 Å². The largest absolute Gasteiger partial charge is 0.497 e. The van der Waals surface area contributed by atoms with Crippen LogP contribution in [0.1, 0.15) is 16.7 Å². The lowest BCUT2D eigenvalue weighted by atomic mass is 9.82. The number of carbonyl (C=O) groups is 2. The van der Waals surface area contributed by atoms with E-state index in [-0.39, 0.29) is 6.61 Å². The van der Waals surface area contributed by atoms with Gasteiger partial charge in [-0.25, -0.2) is 9.59 Å². The van der Waals surface area contributed by atoms with Gasteiger partial charge >= 0.3 is 12.1 Å². The van der Waals surface area contributed by atoms with Crippen LogP contribution in [-0.4, -0.2) is 31.3 Å². The van der Waals surface area contributed by atoms with E-state index in [9.17, 15) is 9.59 Å². The normalized spacial score (nSPS) is 12.5. The molecule has 0 radical (unpaired) electrons. The topological polar surface area (TPSA) is 89.7 Å². The van der Waals surface area contributed by atoms with Gasteiger partial charge in [-0.2, -0.15) is 0 Å². The molecule has 0 unspecified atom stereocenters. The second kappa shape index (κ2) is 9.48. The summed E-state index contributed by atoms with van der Waals surface area (Å²) in [7, 11) is 2.81. The molecule has 0 bridgehead atoms. The first-order valence-electron chi connectivity index (χ1n) is 10.4. The maximum atomic E-state index is 13.8. The minimum Gasteiger partial charge on any atom is -0.497 e. The van der Waals surface area contributed by atoms with E-state index in [0.717, 1.165) is 16.5 Å². The van der Waals surface area contributed by atoms with E-state index >= 15 is 0 Å². The maximum Gasteiger partial charge on any atom is 0.408 e. The maximum absolute atomic E-state index is 13.8. The number of methoxy groups -OCH3 is 2. The van der Waals surface area contributed by atoms with Crippen LogP contribution in [0, 0.1) is 0 Å². The van der Waals surface area contributed by atoms with E-state index in [1.54, 1.807) is 37.6 Å². The van der Waals surface area contributed by atoms with Gasteiger partial charge in [-0.3, -0.25) is 5.32 Å². The Bertz CT molecular complexity index is 1250. The van der Waals surface area contributed by atoms with Gasteiger partial charge in [0, 0.05) is 22.7 Å². The highest BCUT2D eigenvalue weighted by Gasteiger charge is 2.47. The van der Waals surface area contributed by atoms with Gasteiger partial charge in [-0.05, 0) is 29.3 Å². The zero-order chi connectivity index (χ0) is 23.3. The van der Waals surface area contributed by atoms with Crippen LogP contribution in [0.2, 0.25) is 0 Å². The molecule has 0 aliphatic rings. The molecule has 0 aliphatic carbocycles. The molecule has 168 valence electrons. The molecule has 7 heteroatoms. The second-order valence-electron chi connectivity index (χ2n) is 7.40. The van der Waals surface area contributed by atoms with Gasteiger partial charge in [0.2, 0.25) is 0 Å². The molecular weight excluding hydrogens is 420 g/mol. The molecule has 1 amide bonds. The summed E-state index contributed by atoms with van der Waals surface area (Å²) < 4.78 is 15.9. The smallest absolute Gasteiger partial charge is 0.408 e. The summed E-state index contributed by atoms with van der Waals surface area (Å²) in [6.45, 7) is 0.0444. The SMILES string of the molecule is COC(=O)N[C@@](C(=O)OCc1ccccc1)(c1ccc(OC)cc1)c1c[nH]c2ccccc12. The van der Waals surface area contributed by atoms with Crippen LogP contribution in [0.3, 0.4) is 0 Å². The van der Waals surface area contributed by atoms with Crippen molar-refractivity contribution in [2.75, 3.05) is 14.2 Å². The number of para-hydroxylation sites is 1. The van der Waals surface area contributed by atoms with Crippen molar-refractivity contribution in [1.29, 1.82) is 0 Å². The predicted molar refractivity (Wildman–Crippen MR) is 124 cm³/mol. The van der Waals surface area contributed by atoms with Crippen LogP contribution in [0.4, 0.5) is 4.79 Å². The first-order valence-corrected chi connectivity index (χ1v) is 10.4. The van der Waals surface area contributed by atoms with E-state index in [4.69, 9.17) is 14.2 Å². The fourth-order valence-electron chi connectivity index (χ4n) is 3.83. The molecule has 4 rings (SSSR count). The van der Waals surface area contributed by atoms with E-state index in [2.05, 4.69) is 10.3 Å². The van der Waals surface area contributed by atoms with Crippen molar-refractivity contribution >= 4 is 23.0 Å². The van der Waals surface area contributed by atoms with E-state index in [1.165, 1.54) is 7.11 Å². The lowest BCUT2D eigenvalue weighted by Gasteiger charge is -2.32. The number of hydrogen-bond acceptors (Lipinski definition) is 5. The van der Waals surface area contributed by atoms with E-state index in [1.807, 2.05) is 54.6 Å². The molecule has 0 spiro atoms. The quantitative estimate of drug-likeness (QED) is 0.409. The van der Waals surface area contributed by atoms with Crippen molar-refractivity contribution < 1.29 is 23.8 Å². The summed E-state index contributed by atoms with van der Waals surface area (Å²) in [5, 5.41) is 3.53. The molecule has 7 nitrogen and oxygen atoms in total. The second-order valence-corrected chi connectivity index (χ2v) is 7.40. The van der Waals surface area contributed by atoms with Crippen LogP contribution >= 0.6 is 0 Å². The molecule has 1 aromatic heterocycles. The highest BCUT2D eigenvalue weighted by atomic mass is 16.5. The number of esters is 1. The van der Waals surface area contributed by atoms with Crippen molar-refractivity contribution in [3.63, 3.8) is 0 Å². The average molecular weight is 444 g/mol. The minimum absolute atomic E-state index is 0.0444.